The molecule has 0 fully saturated rings. The Morgan fingerprint density at radius 1 is 1.22 bits per heavy atom. The van der Waals surface area contributed by atoms with Crippen molar-refractivity contribution in [1.29, 1.82) is 0 Å². The summed E-state index contributed by atoms with van der Waals surface area (Å²) >= 11 is 0. The van der Waals surface area contributed by atoms with E-state index in [0.717, 1.165) is 41.8 Å². The van der Waals surface area contributed by atoms with Crippen LogP contribution in [-0.4, -0.2) is 48.4 Å². The van der Waals surface area contributed by atoms with Crippen molar-refractivity contribution in [2.75, 3.05) is 32.5 Å². The smallest absolute Gasteiger partial charge is 0.198 e. The molecule has 3 aromatic rings. The fourth-order valence-corrected chi connectivity index (χ4v) is 2.99. The molecule has 0 aliphatic heterocycles. The summed E-state index contributed by atoms with van der Waals surface area (Å²) in [6.07, 6.45) is 2.68. The highest BCUT2D eigenvalue weighted by Gasteiger charge is 2.09. The lowest BCUT2D eigenvalue weighted by atomic mass is 10.1. The van der Waals surface area contributed by atoms with Crippen LogP contribution in [0.1, 0.15) is 17.5 Å². The third-order valence-electron chi connectivity index (χ3n) is 4.43. The number of nitrogens with zero attached hydrogens (tertiary/aromatic N) is 2. The third-order valence-corrected chi connectivity index (χ3v) is 4.43. The van der Waals surface area contributed by atoms with E-state index in [1.165, 1.54) is 12.1 Å². The molecule has 6 heteroatoms. The van der Waals surface area contributed by atoms with Crippen LogP contribution in [-0.2, 0) is 0 Å². The van der Waals surface area contributed by atoms with Gasteiger partial charge in [-0.2, -0.15) is 0 Å². The molecule has 0 aliphatic carbocycles. The van der Waals surface area contributed by atoms with Crippen LogP contribution in [0.25, 0.3) is 10.9 Å². The maximum Gasteiger partial charge on any atom is 0.198 e. The van der Waals surface area contributed by atoms with Gasteiger partial charge in [-0.15, -0.1) is 0 Å². The summed E-state index contributed by atoms with van der Waals surface area (Å²) in [5.41, 5.74) is 4.09. The normalized spacial score (nSPS) is 11.7. The van der Waals surface area contributed by atoms with E-state index in [2.05, 4.69) is 34.3 Å². The average Bonchev–Trinajstić information content (AvgIpc) is 2.92. The first-order valence-corrected chi connectivity index (χ1v) is 8.97. The maximum atomic E-state index is 13.3. The first-order valence-electron chi connectivity index (χ1n) is 8.97. The Morgan fingerprint density at radius 2 is 2.04 bits per heavy atom. The number of aryl methyl sites for hydroxylation is 1. The number of aliphatic imine (C=N–C) groups is 1. The standard InChI is InChI=1S/C21H25FN4O/c1-14-11-16(6-8-19(14)23-9-4-10-26(2)3)24-13-18-17-7-5-15(22)12-20(17)25-21(18)27/h5-8,11-13,23,25,27H,4,9-10H2,1-3H3. The fourth-order valence-electron chi connectivity index (χ4n) is 2.99. The zero-order valence-corrected chi connectivity index (χ0v) is 15.9. The van der Waals surface area contributed by atoms with Gasteiger partial charge >= 0.3 is 0 Å². The molecule has 0 bridgehead atoms. The highest BCUT2D eigenvalue weighted by Crippen LogP contribution is 2.27. The van der Waals surface area contributed by atoms with E-state index in [1.54, 1.807) is 12.3 Å². The molecule has 0 radical (unpaired) electrons. The predicted molar refractivity (Wildman–Crippen MR) is 110 cm³/mol. The number of nitrogens with one attached hydrogen (secondary N) is 2. The quantitative estimate of drug-likeness (QED) is 0.427. The second kappa shape index (κ2) is 8.22. The van der Waals surface area contributed by atoms with Crippen LogP contribution in [0.2, 0.25) is 0 Å². The molecule has 0 amide bonds. The molecular weight excluding hydrogens is 343 g/mol. The number of hydrogen-bond donors (Lipinski definition) is 3. The van der Waals surface area contributed by atoms with E-state index < -0.39 is 0 Å². The molecule has 0 atom stereocenters. The molecule has 3 rings (SSSR count). The molecule has 5 nitrogen and oxygen atoms in total. The van der Waals surface area contributed by atoms with Crippen LogP contribution in [0.4, 0.5) is 15.8 Å². The minimum atomic E-state index is -0.350. The molecule has 3 N–H and O–H groups in total. The van der Waals surface area contributed by atoms with Gasteiger partial charge in [0.1, 0.15) is 5.82 Å². The first kappa shape index (κ1) is 18.9. The number of aromatic nitrogens is 1. The number of anilines is 1. The molecular formula is C21H25FN4O. The van der Waals surface area contributed by atoms with Gasteiger partial charge in [0.2, 0.25) is 0 Å². The monoisotopic (exact) mass is 368 g/mol. The predicted octanol–water partition coefficient (Wildman–Crippen LogP) is 4.44. The van der Waals surface area contributed by atoms with Crippen molar-refractivity contribution in [1.82, 2.24) is 9.88 Å². The van der Waals surface area contributed by atoms with Gasteiger partial charge in [0.25, 0.3) is 0 Å². The van der Waals surface area contributed by atoms with E-state index in [1.807, 2.05) is 25.1 Å². The van der Waals surface area contributed by atoms with E-state index in [-0.39, 0.29) is 11.7 Å². The van der Waals surface area contributed by atoms with Crippen molar-refractivity contribution in [3.05, 3.63) is 53.3 Å². The lowest BCUT2D eigenvalue weighted by molar-refractivity contribution is 0.405. The Balaban J connectivity index is 1.73. The van der Waals surface area contributed by atoms with Crippen LogP contribution in [0.15, 0.2) is 41.4 Å². The topological polar surface area (TPSA) is 63.7 Å². The minimum Gasteiger partial charge on any atom is -0.494 e. The number of H-pyrrole nitrogens is 1. The molecule has 0 saturated carbocycles. The average molecular weight is 368 g/mol. The van der Waals surface area contributed by atoms with Crippen molar-refractivity contribution in [3.63, 3.8) is 0 Å². The largest absolute Gasteiger partial charge is 0.494 e. The highest BCUT2D eigenvalue weighted by molar-refractivity contribution is 6.02. The van der Waals surface area contributed by atoms with E-state index in [4.69, 9.17) is 0 Å². The summed E-state index contributed by atoms with van der Waals surface area (Å²) in [6.45, 7) is 4.01. The molecule has 0 unspecified atom stereocenters. The Bertz CT molecular complexity index is 962. The summed E-state index contributed by atoms with van der Waals surface area (Å²) in [6, 6.07) is 10.3. The van der Waals surface area contributed by atoms with Crippen LogP contribution in [0.5, 0.6) is 5.88 Å². The number of fused-ring (bicyclic) bond motifs is 1. The van der Waals surface area contributed by atoms with Gasteiger partial charge in [-0.05, 0) is 75.9 Å². The molecule has 27 heavy (non-hydrogen) atoms. The Hall–Kier alpha value is -2.86. The van der Waals surface area contributed by atoms with E-state index in [0.29, 0.717) is 11.1 Å². The van der Waals surface area contributed by atoms with Crippen LogP contribution in [0.3, 0.4) is 0 Å². The molecule has 2 aromatic carbocycles. The number of aromatic hydroxyl groups is 1. The van der Waals surface area contributed by atoms with Crippen LogP contribution >= 0.6 is 0 Å². The number of hydrogen-bond acceptors (Lipinski definition) is 4. The van der Waals surface area contributed by atoms with Crippen LogP contribution in [0, 0.1) is 12.7 Å². The van der Waals surface area contributed by atoms with Gasteiger partial charge in [0.05, 0.1) is 16.8 Å². The SMILES string of the molecule is Cc1cc(N=Cc2c(O)[nH]c3cc(F)ccc23)ccc1NCCCN(C)C. The highest BCUT2D eigenvalue weighted by atomic mass is 19.1. The van der Waals surface area contributed by atoms with Gasteiger partial charge in [-0.1, -0.05) is 0 Å². The second-order valence-electron chi connectivity index (χ2n) is 6.92. The molecule has 142 valence electrons. The van der Waals surface area contributed by atoms with Gasteiger partial charge in [-0.3, -0.25) is 4.99 Å². The van der Waals surface area contributed by atoms with E-state index in [9.17, 15) is 9.50 Å². The van der Waals surface area contributed by atoms with Crippen molar-refractivity contribution >= 4 is 28.5 Å². The summed E-state index contributed by atoms with van der Waals surface area (Å²) in [5, 5.41) is 14.3. The van der Waals surface area contributed by atoms with Crippen molar-refractivity contribution in [3.8, 4) is 5.88 Å². The minimum absolute atomic E-state index is 0.0183. The molecule has 1 heterocycles. The number of halogens is 1. The van der Waals surface area contributed by atoms with Crippen LogP contribution < -0.4 is 5.32 Å². The lowest BCUT2D eigenvalue weighted by Gasteiger charge is -2.12. The number of rotatable bonds is 7. The Labute approximate surface area is 158 Å². The second-order valence-corrected chi connectivity index (χ2v) is 6.92. The lowest BCUT2D eigenvalue weighted by Crippen LogP contribution is -2.16. The Morgan fingerprint density at radius 3 is 2.78 bits per heavy atom. The van der Waals surface area contributed by atoms with Gasteiger partial charge < -0.3 is 20.3 Å². The van der Waals surface area contributed by atoms with Gasteiger partial charge in [0, 0.05) is 23.8 Å². The third kappa shape index (κ3) is 4.65. The van der Waals surface area contributed by atoms with Gasteiger partial charge in [-0.25, -0.2) is 4.39 Å². The van der Waals surface area contributed by atoms with Crippen molar-refractivity contribution in [2.45, 2.75) is 13.3 Å². The summed E-state index contributed by atoms with van der Waals surface area (Å²) in [4.78, 5) is 9.41. The number of aromatic amines is 1. The van der Waals surface area contributed by atoms with E-state index >= 15 is 0 Å². The van der Waals surface area contributed by atoms with Gasteiger partial charge in [0.15, 0.2) is 5.88 Å². The van der Waals surface area contributed by atoms with Crippen molar-refractivity contribution in [2.24, 2.45) is 4.99 Å². The summed E-state index contributed by atoms with van der Waals surface area (Å²) in [7, 11) is 4.14. The zero-order valence-electron chi connectivity index (χ0n) is 15.9. The summed E-state index contributed by atoms with van der Waals surface area (Å²) in [5.74, 6) is -0.369. The van der Waals surface area contributed by atoms with Crippen molar-refractivity contribution < 1.29 is 9.50 Å². The number of benzene rings is 2. The summed E-state index contributed by atoms with van der Waals surface area (Å²) < 4.78 is 13.3. The molecule has 0 spiro atoms. The zero-order chi connectivity index (χ0) is 19.4. The Kier molecular flexibility index (Phi) is 5.76. The molecule has 1 aromatic heterocycles. The molecule has 0 saturated heterocycles. The maximum absolute atomic E-state index is 13.3. The first-order chi connectivity index (χ1) is 12.9. The molecule has 0 aliphatic rings. The fraction of sp³-hybridized carbons (Fsp3) is 0.286.